The van der Waals surface area contributed by atoms with Crippen LogP contribution >= 0.6 is 0 Å². The van der Waals surface area contributed by atoms with Crippen molar-refractivity contribution in [3.05, 3.63) is 57.2 Å². The zero-order chi connectivity index (χ0) is 20.4. The van der Waals surface area contributed by atoms with E-state index in [0.717, 1.165) is 17.0 Å². The first kappa shape index (κ1) is 19.2. The van der Waals surface area contributed by atoms with Gasteiger partial charge in [0.2, 0.25) is 5.89 Å². The molecule has 1 aromatic carbocycles. The average Bonchev–Trinajstić information content (AvgIpc) is 3.23. The summed E-state index contributed by atoms with van der Waals surface area (Å²) in [7, 11) is 1.82. The standard InChI is InChI=1S/C18H19N5O5/c1-10-15(11(2)22(4)21-10)9-16(24)27-12(3)17-19-20-18(28-17)13-5-7-14(8-6-13)23(25)26/h5-8,12H,9H2,1-4H3/t12-/m1/s1. The second-order valence-corrected chi connectivity index (χ2v) is 6.33. The number of hydrogen-bond acceptors (Lipinski definition) is 8. The minimum absolute atomic E-state index is 0.0354. The van der Waals surface area contributed by atoms with Crippen molar-refractivity contribution in [2.75, 3.05) is 0 Å². The molecule has 3 rings (SSSR count). The monoisotopic (exact) mass is 385 g/mol. The zero-order valence-corrected chi connectivity index (χ0v) is 15.9. The van der Waals surface area contributed by atoms with E-state index in [0.29, 0.717) is 5.56 Å². The smallest absolute Gasteiger partial charge is 0.311 e. The van der Waals surface area contributed by atoms with Gasteiger partial charge in [-0.2, -0.15) is 5.10 Å². The highest BCUT2D eigenvalue weighted by Crippen LogP contribution is 2.24. The quantitative estimate of drug-likeness (QED) is 0.360. The Kier molecular flexibility index (Phi) is 5.21. The Hall–Kier alpha value is -3.56. The molecular formula is C18H19N5O5. The molecule has 0 spiro atoms. The molecule has 0 amide bonds. The Balaban J connectivity index is 1.67. The van der Waals surface area contributed by atoms with Gasteiger partial charge in [0, 0.05) is 36.0 Å². The molecule has 0 N–H and O–H groups in total. The second-order valence-electron chi connectivity index (χ2n) is 6.33. The third-order valence-corrected chi connectivity index (χ3v) is 4.40. The molecule has 0 fully saturated rings. The van der Waals surface area contributed by atoms with Gasteiger partial charge in [-0.1, -0.05) is 0 Å². The van der Waals surface area contributed by atoms with Gasteiger partial charge in [-0.15, -0.1) is 10.2 Å². The number of nitro benzene ring substituents is 1. The summed E-state index contributed by atoms with van der Waals surface area (Å²) < 4.78 is 12.7. The molecule has 2 heterocycles. The summed E-state index contributed by atoms with van der Waals surface area (Å²) in [5, 5.41) is 22.8. The van der Waals surface area contributed by atoms with Crippen LogP contribution in [0.15, 0.2) is 28.7 Å². The minimum Gasteiger partial charge on any atom is -0.452 e. The number of nitro groups is 1. The highest BCUT2D eigenvalue weighted by atomic mass is 16.6. The van der Waals surface area contributed by atoms with Crippen molar-refractivity contribution in [1.82, 2.24) is 20.0 Å². The van der Waals surface area contributed by atoms with E-state index in [9.17, 15) is 14.9 Å². The fourth-order valence-corrected chi connectivity index (χ4v) is 2.75. The summed E-state index contributed by atoms with van der Waals surface area (Å²) >= 11 is 0. The van der Waals surface area contributed by atoms with E-state index in [2.05, 4.69) is 15.3 Å². The maximum absolute atomic E-state index is 12.3. The molecule has 28 heavy (non-hydrogen) atoms. The summed E-state index contributed by atoms with van der Waals surface area (Å²) in [6, 6.07) is 5.72. The van der Waals surface area contributed by atoms with Gasteiger partial charge >= 0.3 is 5.97 Å². The summed E-state index contributed by atoms with van der Waals surface area (Å²) in [5.74, 6) is -0.102. The maximum Gasteiger partial charge on any atom is 0.311 e. The number of aryl methyl sites for hydroxylation is 2. The number of esters is 1. The lowest BCUT2D eigenvalue weighted by Gasteiger charge is -2.09. The maximum atomic E-state index is 12.3. The van der Waals surface area contributed by atoms with Crippen LogP contribution in [0, 0.1) is 24.0 Å². The van der Waals surface area contributed by atoms with Crippen molar-refractivity contribution >= 4 is 11.7 Å². The van der Waals surface area contributed by atoms with E-state index in [1.165, 1.54) is 24.3 Å². The van der Waals surface area contributed by atoms with Crippen LogP contribution in [0.2, 0.25) is 0 Å². The third kappa shape index (κ3) is 3.90. The lowest BCUT2D eigenvalue weighted by Crippen LogP contribution is -2.12. The lowest BCUT2D eigenvalue weighted by molar-refractivity contribution is -0.384. The van der Waals surface area contributed by atoms with Crippen molar-refractivity contribution in [3.8, 4) is 11.5 Å². The molecule has 1 atom stereocenters. The summed E-state index contributed by atoms with van der Waals surface area (Å²) in [6.07, 6.45) is -0.636. The van der Waals surface area contributed by atoms with E-state index in [1.807, 2.05) is 20.9 Å². The first-order valence-corrected chi connectivity index (χ1v) is 8.53. The molecule has 0 aliphatic carbocycles. The molecular weight excluding hydrogens is 366 g/mol. The van der Waals surface area contributed by atoms with Crippen molar-refractivity contribution in [1.29, 1.82) is 0 Å². The molecule has 2 aromatic heterocycles. The molecule has 0 unspecified atom stereocenters. The molecule has 0 saturated heterocycles. The predicted molar refractivity (Wildman–Crippen MR) is 97.3 cm³/mol. The fraction of sp³-hybridized carbons (Fsp3) is 0.333. The van der Waals surface area contributed by atoms with Gasteiger partial charge in [-0.25, -0.2) is 0 Å². The molecule has 10 nitrogen and oxygen atoms in total. The predicted octanol–water partition coefficient (Wildman–Crippen LogP) is 2.84. The van der Waals surface area contributed by atoms with Crippen LogP contribution in [0.3, 0.4) is 0 Å². The SMILES string of the molecule is Cc1nn(C)c(C)c1CC(=O)O[C@H](C)c1nnc(-c2ccc([N+](=O)[O-])cc2)o1. The summed E-state index contributed by atoms with van der Waals surface area (Å²) in [4.78, 5) is 22.5. The number of aromatic nitrogens is 4. The number of benzene rings is 1. The summed E-state index contributed by atoms with van der Waals surface area (Å²) in [6.45, 7) is 5.36. The number of non-ortho nitro benzene ring substituents is 1. The highest BCUT2D eigenvalue weighted by molar-refractivity contribution is 5.73. The van der Waals surface area contributed by atoms with Crippen molar-refractivity contribution in [2.24, 2.45) is 7.05 Å². The van der Waals surface area contributed by atoms with Crippen LogP contribution in [-0.2, 0) is 23.0 Å². The van der Waals surface area contributed by atoms with Gasteiger partial charge in [0.15, 0.2) is 6.10 Å². The first-order valence-electron chi connectivity index (χ1n) is 8.53. The average molecular weight is 385 g/mol. The highest BCUT2D eigenvalue weighted by Gasteiger charge is 2.21. The van der Waals surface area contributed by atoms with Crippen molar-refractivity contribution in [3.63, 3.8) is 0 Å². The first-order chi connectivity index (χ1) is 13.3. The van der Waals surface area contributed by atoms with Crippen LogP contribution < -0.4 is 0 Å². The van der Waals surface area contributed by atoms with Gasteiger partial charge < -0.3 is 9.15 Å². The molecule has 10 heteroatoms. The topological polar surface area (TPSA) is 126 Å². The van der Waals surface area contributed by atoms with E-state index >= 15 is 0 Å². The number of ether oxygens (including phenoxy) is 1. The molecule has 0 saturated carbocycles. The van der Waals surface area contributed by atoms with Gasteiger partial charge in [-0.05, 0) is 32.9 Å². The Labute approximate surface area is 160 Å². The molecule has 3 aromatic rings. The van der Waals surface area contributed by atoms with Crippen molar-refractivity contribution in [2.45, 2.75) is 33.3 Å². The lowest BCUT2D eigenvalue weighted by atomic mass is 10.1. The van der Waals surface area contributed by atoms with E-state index in [4.69, 9.17) is 9.15 Å². The van der Waals surface area contributed by atoms with Crippen LogP contribution in [0.25, 0.3) is 11.5 Å². The Morgan fingerprint density at radius 1 is 1.29 bits per heavy atom. The van der Waals surface area contributed by atoms with Crippen LogP contribution in [-0.4, -0.2) is 30.9 Å². The number of rotatable bonds is 6. The van der Waals surface area contributed by atoms with Crippen molar-refractivity contribution < 1.29 is 18.9 Å². The van der Waals surface area contributed by atoms with E-state index in [1.54, 1.807) is 11.6 Å². The Morgan fingerprint density at radius 2 is 1.96 bits per heavy atom. The Bertz CT molecular complexity index is 1020. The Morgan fingerprint density at radius 3 is 2.54 bits per heavy atom. The number of hydrogen-bond donors (Lipinski definition) is 0. The number of carbonyl (C=O) groups is 1. The van der Waals surface area contributed by atoms with Crippen LogP contribution in [0.1, 0.15) is 35.9 Å². The third-order valence-electron chi connectivity index (χ3n) is 4.40. The number of carbonyl (C=O) groups excluding carboxylic acids is 1. The van der Waals surface area contributed by atoms with E-state index < -0.39 is 17.0 Å². The van der Waals surface area contributed by atoms with Crippen LogP contribution in [0.4, 0.5) is 5.69 Å². The molecule has 0 bridgehead atoms. The summed E-state index contributed by atoms with van der Waals surface area (Å²) in [5.41, 5.74) is 3.01. The van der Waals surface area contributed by atoms with Gasteiger partial charge in [-0.3, -0.25) is 19.6 Å². The van der Waals surface area contributed by atoms with E-state index in [-0.39, 0.29) is 23.9 Å². The largest absolute Gasteiger partial charge is 0.452 e. The molecule has 0 aliphatic rings. The zero-order valence-electron chi connectivity index (χ0n) is 15.9. The van der Waals surface area contributed by atoms with Gasteiger partial charge in [0.25, 0.3) is 11.6 Å². The fourth-order valence-electron chi connectivity index (χ4n) is 2.75. The minimum atomic E-state index is -0.732. The van der Waals surface area contributed by atoms with Crippen LogP contribution in [0.5, 0.6) is 0 Å². The van der Waals surface area contributed by atoms with Gasteiger partial charge in [0.1, 0.15) is 0 Å². The number of nitrogens with zero attached hydrogens (tertiary/aromatic N) is 5. The molecule has 0 radical (unpaired) electrons. The van der Waals surface area contributed by atoms with Gasteiger partial charge in [0.05, 0.1) is 17.0 Å². The normalized spacial score (nSPS) is 12.0. The molecule has 146 valence electrons. The second kappa shape index (κ2) is 7.59. The molecule has 0 aliphatic heterocycles.